The first-order chi connectivity index (χ1) is 15.9. The lowest BCUT2D eigenvalue weighted by Crippen LogP contribution is -2.35. The Bertz CT molecular complexity index is 1350. The van der Waals surface area contributed by atoms with Crippen LogP contribution in [0.2, 0.25) is 5.02 Å². The molecule has 33 heavy (non-hydrogen) atoms. The fraction of sp³-hybridized carbons (Fsp3) is 0.185. The molecule has 2 amide bonds. The van der Waals surface area contributed by atoms with Gasteiger partial charge in [0.2, 0.25) is 0 Å². The fourth-order valence-corrected chi connectivity index (χ4v) is 3.90. The highest BCUT2D eigenvalue weighted by atomic mass is 35.5. The number of benzene rings is 3. The number of urea groups is 1. The van der Waals surface area contributed by atoms with Crippen LogP contribution in [0.5, 0.6) is 0 Å². The van der Waals surface area contributed by atoms with Crippen LogP contribution in [0.3, 0.4) is 0 Å². The van der Waals surface area contributed by atoms with E-state index in [1.165, 1.54) is 5.56 Å². The summed E-state index contributed by atoms with van der Waals surface area (Å²) in [6.07, 6.45) is 0.907. The van der Waals surface area contributed by atoms with E-state index in [0.717, 1.165) is 28.5 Å². The minimum absolute atomic E-state index is 0.159. The summed E-state index contributed by atoms with van der Waals surface area (Å²) in [5.41, 5.74) is 4.94. The molecule has 0 aliphatic heterocycles. The number of fused-ring (bicyclic) bond motifs is 1. The molecule has 4 aromatic rings. The number of carbonyl (C=O) groups excluding carboxylic acids is 1. The topological polar surface area (TPSA) is 65.2 Å². The van der Waals surface area contributed by atoms with Crippen molar-refractivity contribution in [3.8, 4) is 0 Å². The van der Waals surface area contributed by atoms with E-state index in [9.17, 15) is 9.59 Å². The van der Waals surface area contributed by atoms with E-state index in [1.807, 2.05) is 55.5 Å². The number of carbonyl (C=O) groups is 1. The molecule has 0 aliphatic carbocycles. The van der Waals surface area contributed by atoms with Gasteiger partial charge in [0, 0.05) is 17.6 Å². The SMILES string of the molecule is CCc1ccc2[nH]c(=O)c(CN(Cc3ccc(C)cc3)C(=O)Nc3ccccc3Cl)cc2c1. The molecule has 0 spiro atoms. The number of pyridine rings is 1. The number of para-hydroxylation sites is 1. The van der Waals surface area contributed by atoms with Crippen LogP contribution in [0.15, 0.2) is 77.6 Å². The van der Waals surface area contributed by atoms with Crippen molar-refractivity contribution in [3.05, 3.63) is 110 Å². The van der Waals surface area contributed by atoms with Crippen LogP contribution in [0.4, 0.5) is 10.5 Å². The zero-order valence-electron chi connectivity index (χ0n) is 18.7. The van der Waals surface area contributed by atoms with Crippen molar-refractivity contribution in [2.24, 2.45) is 0 Å². The van der Waals surface area contributed by atoms with E-state index in [0.29, 0.717) is 22.8 Å². The summed E-state index contributed by atoms with van der Waals surface area (Å²) in [4.78, 5) is 30.6. The predicted octanol–water partition coefficient (Wildman–Crippen LogP) is 6.29. The monoisotopic (exact) mass is 459 g/mol. The normalized spacial score (nSPS) is 10.9. The Kier molecular flexibility index (Phi) is 6.80. The van der Waals surface area contributed by atoms with Crippen LogP contribution in [0.1, 0.15) is 29.2 Å². The molecule has 6 heteroatoms. The van der Waals surface area contributed by atoms with Gasteiger partial charge in [-0.15, -0.1) is 0 Å². The Morgan fingerprint density at radius 1 is 0.970 bits per heavy atom. The molecular weight excluding hydrogens is 434 g/mol. The lowest BCUT2D eigenvalue weighted by atomic mass is 10.1. The lowest BCUT2D eigenvalue weighted by Gasteiger charge is -2.24. The molecule has 2 N–H and O–H groups in total. The van der Waals surface area contributed by atoms with E-state index in [-0.39, 0.29) is 18.1 Å². The summed E-state index contributed by atoms with van der Waals surface area (Å²) in [5, 5.41) is 4.28. The second kappa shape index (κ2) is 9.92. The Morgan fingerprint density at radius 2 is 1.70 bits per heavy atom. The van der Waals surface area contributed by atoms with E-state index >= 15 is 0 Å². The lowest BCUT2D eigenvalue weighted by molar-refractivity contribution is 0.206. The van der Waals surface area contributed by atoms with Crippen molar-refractivity contribution in [2.45, 2.75) is 33.4 Å². The molecule has 168 valence electrons. The summed E-state index contributed by atoms with van der Waals surface area (Å²) in [6, 6.07) is 22.6. The Balaban J connectivity index is 1.67. The van der Waals surface area contributed by atoms with Crippen molar-refractivity contribution in [3.63, 3.8) is 0 Å². The van der Waals surface area contributed by atoms with Gasteiger partial charge in [0.15, 0.2) is 0 Å². The highest BCUT2D eigenvalue weighted by Gasteiger charge is 2.18. The maximum atomic E-state index is 13.3. The molecular formula is C27H26ClN3O2. The van der Waals surface area contributed by atoms with Gasteiger partial charge >= 0.3 is 6.03 Å². The number of hydrogen-bond acceptors (Lipinski definition) is 2. The first-order valence-electron chi connectivity index (χ1n) is 10.9. The van der Waals surface area contributed by atoms with E-state index < -0.39 is 0 Å². The number of nitrogens with one attached hydrogen (secondary N) is 2. The molecule has 0 bridgehead atoms. The molecule has 0 fully saturated rings. The molecule has 0 atom stereocenters. The number of amides is 2. The molecule has 1 aromatic heterocycles. The average molecular weight is 460 g/mol. The Hall–Kier alpha value is -3.57. The average Bonchev–Trinajstić information content (AvgIpc) is 2.81. The first kappa shape index (κ1) is 22.6. The van der Waals surface area contributed by atoms with Crippen LogP contribution in [-0.2, 0) is 19.5 Å². The highest BCUT2D eigenvalue weighted by Crippen LogP contribution is 2.22. The van der Waals surface area contributed by atoms with Crippen molar-refractivity contribution >= 4 is 34.2 Å². The van der Waals surface area contributed by atoms with Gasteiger partial charge in [-0.3, -0.25) is 4.79 Å². The minimum atomic E-state index is -0.328. The summed E-state index contributed by atoms with van der Waals surface area (Å²) in [7, 11) is 0. The van der Waals surface area contributed by atoms with Crippen LogP contribution in [0.25, 0.3) is 10.9 Å². The summed E-state index contributed by atoms with van der Waals surface area (Å²) in [5.74, 6) is 0. The molecule has 0 saturated carbocycles. The van der Waals surface area contributed by atoms with Gasteiger partial charge in [-0.1, -0.05) is 66.6 Å². The third-order valence-corrected chi connectivity index (χ3v) is 5.98. The van der Waals surface area contributed by atoms with Gasteiger partial charge in [0.1, 0.15) is 0 Å². The zero-order valence-corrected chi connectivity index (χ0v) is 19.4. The molecule has 0 unspecified atom stereocenters. The second-order valence-corrected chi connectivity index (χ2v) is 8.56. The smallest absolute Gasteiger partial charge is 0.322 e. The summed E-state index contributed by atoms with van der Waals surface area (Å²) >= 11 is 6.24. The van der Waals surface area contributed by atoms with Crippen LogP contribution < -0.4 is 10.9 Å². The van der Waals surface area contributed by atoms with Crippen LogP contribution in [0, 0.1) is 6.92 Å². The fourth-order valence-electron chi connectivity index (χ4n) is 3.71. The molecule has 0 radical (unpaired) electrons. The number of nitrogens with zero attached hydrogens (tertiary/aromatic N) is 1. The summed E-state index contributed by atoms with van der Waals surface area (Å²) in [6.45, 7) is 4.62. The maximum absolute atomic E-state index is 13.3. The zero-order chi connectivity index (χ0) is 23.4. The number of hydrogen-bond donors (Lipinski definition) is 2. The minimum Gasteiger partial charge on any atom is -0.322 e. The second-order valence-electron chi connectivity index (χ2n) is 8.15. The Morgan fingerprint density at radius 3 is 2.42 bits per heavy atom. The quantitative estimate of drug-likeness (QED) is 0.356. The Labute approximate surface area is 198 Å². The number of aryl methyl sites for hydroxylation is 2. The number of aromatic nitrogens is 1. The van der Waals surface area contributed by atoms with Gasteiger partial charge in [-0.05, 0) is 60.2 Å². The van der Waals surface area contributed by atoms with E-state index in [2.05, 4.69) is 23.3 Å². The molecule has 1 heterocycles. The first-order valence-corrected chi connectivity index (χ1v) is 11.3. The van der Waals surface area contributed by atoms with Crippen LogP contribution in [-0.4, -0.2) is 15.9 Å². The third kappa shape index (κ3) is 5.44. The van der Waals surface area contributed by atoms with Gasteiger partial charge in [-0.2, -0.15) is 0 Å². The van der Waals surface area contributed by atoms with Gasteiger partial charge in [-0.25, -0.2) is 4.79 Å². The standard InChI is InChI=1S/C27H26ClN3O2/c1-3-19-12-13-24-21(14-19)15-22(26(32)29-24)17-31(16-20-10-8-18(2)9-11-20)27(33)30-25-7-5-4-6-23(25)28/h4-15H,3,16-17H2,1-2H3,(H,29,32)(H,30,33). The number of halogens is 1. The van der Waals surface area contributed by atoms with Crippen molar-refractivity contribution < 1.29 is 4.79 Å². The predicted molar refractivity (Wildman–Crippen MR) is 135 cm³/mol. The molecule has 0 aliphatic rings. The molecule has 4 rings (SSSR count). The van der Waals surface area contributed by atoms with Crippen molar-refractivity contribution in [2.75, 3.05) is 5.32 Å². The molecule has 0 saturated heterocycles. The molecule has 5 nitrogen and oxygen atoms in total. The highest BCUT2D eigenvalue weighted by molar-refractivity contribution is 6.33. The number of H-pyrrole nitrogens is 1. The van der Waals surface area contributed by atoms with Crippen molar-refractivity contribution in [1.82, 2.24) is 9.88 Å². The van der Waals surface area contributed by atoms with Crippen molar-refractivity contribution in [1.29, 1.82) is 0 Å². The number of rotatable bonds is 6. The van der Waals surface area contributed by atoms with Crippen LogP contribution >= 0.6 is 11.6 Å². The maximum Gasteiger partial charge on any atom is 0.322 e. The van der Waals surface area contributed by atoms with Gasteiger partial charge < -0.3 is 15.2 Å². The van der Waals surface area contributed by atoms with E-state index in [1.54, 1.807) is 23.1 Å². The number of aromatic amines is 1. The molecule has 3 aromatic carbocycles. The summed E-state index contributed by atoms with van der Waals surface area (Å²) < 4.78 is 0. The van der Waals surface area contributed by atoms with Gasteiger partial charge in [0.25, 0.3) is 5.56 Å². The van der Waals surface area contributed by atoms with Gasteiger partial charge in [0.05, 0.1) is 17.3 Å². The van der Waals surface area contributed by atoms with E-state index in [4.69, 9.17) is 11.6 Å². The third-order valence-electron chi connectivity index (χ3n) is 5.65. The number of anilines is 1. The largest absolute Gasteiger partial charge is 0.322 e.